The fraction of sp³-hybridized carbons (Fsp3) is 0.400. The van der Waals surface area contributed by atoms with E-state index in [9.17, 15) is 9.59 Å². The Morgan fingerprint density at radius 1 is 1.11 bits per heavy atom. The number of aromatic nitrogens is 2. The van der Waals surface area contributed by atoms with Gasteiger partial charge in [-0.25, -0.2) is 9.97 Å². The lowest BCUT2D eigenvalue weighted by Crippen LogP contribution is -2.47. The SMILES string of the molecule is CCN(C)c1ccc(C(=O)NNC(=O)C2CCN(c3ncccn3)CC2)cc1. The Bertz CT molecular complexity index is 788. The molecule has 0 unspecified atom stereocenters. The zero-order chi connectivity index (χ0) is 19.9. The van der Waals surface area contributed by atoms with Crippen LogP contribution in [0.2, 0.25) is 0 Å². The topological polar surface area (TPSA) is 90.5 Å². The second-order valence-corrected chi connectivity index (χ2v) is 6.81. The number of benzene rings is 1. The first-order valence-electron chi connectivity index (χ1n) is 9.52. The molecule has 1 aromatic heterocycles. The molecule has 3 rings (SSSR count). The number of rotatable bonds is 5. The van der Waals surface area contributed by atoms with Gasteiger partial charge in [-0.3, -0.25) is 20.4 Å². The predicted molar refractivity (Wildman–Crippen MR) is 108 cm³/mol. The molecule has 1 aliphatic rings. The number of piperidine rings is 1. The third-order valence-electron chi connectivity index (χ3n) is 5.04. The Hall–Kier alpha value is -3.16. The maximum atomic E-state index is 12.4. The van der Waals surface area contributed by atoms with E-state index in [2.05, 4.69) is 37.5 Å². The van der Waals surface area contributed by atoms with Gasteiger partial charge < -0.3 is 9.80 Å². The van der Waals surface area contributed by atoms with E-state index in [-0.39, 0.29) is 17.7 Å². The maximum absolute atomic E-state index is 12.4. The van der Waals surface area contributed by atoms with Crippen molar-refractivity contribution in [3.63, 3.8) is 0 Å². The molecule has 28 heavy (non-hydrogen) atoms. The van der Waals surface area contributed by atoms with E-state index in [0.29, 0.717) is 37.4 Å². The Kier molecular flexibility index (Phi) is 6.41. The normalized spacial score (nSPS) is 14.4. The van der Waals surface area contributed by atoms with Crippen LogP contribution in [0.4, 0.5) is 11.6 Å². The summed E-state index contributed by atoms with van der Waals surface area (Å²) in [6.45, 7) is 4.37. The molecule has 1 aliphatic heterocycles. The maximum Gasteiger partial charge on any atom is 0.269 e. The van der Waals surface area contributed by atoms with Crippen molar-refractivity contribution >= 4 is 23.5 Å². The van der Waals surface area contributed by atoms with Gasteiger partial charge in [0.1, 0.15) is 0 Å². The second kappa shape index (κ2) is 9.16. The van der Waals surface area contributed by atoms with Crippen LogP contribution in [0.25, 0.3) is 0 Å². The van der Waals surface area contributed by atoms with Crippen molar-refractivity contribution in [3.8, 4) is 0 Å². The van der Waals surface area contributed by atoms with Gasteiger partial charge in [0.25, 0.3) is 5.91 Å². The van der Waals surface area contributed by atoms with Gasteiger partial charge in [-0.15, -0.1) is 0 Å². The lowest BCUT2D eigenvalue weighted by molar-refractivity contribution is -0.126. The zero-order valence-electron chi connectivity index (χ0n) is 16.3. The van der Waals surface area contributed by atoms with Crippen molar-refractivity contribution in [3.05, 3.63) is 48.3 Å². The van der Waals surface area contributed by atoms with Crippen LogP contribution in [0.15, 0.2) is 42.7 Å². The Morgan fingerprint density at radius 3 is 2.36 bits per heavy atom. The van der Waals surface area contributed by atoms with Crippen LogP contribution in [-0.2, 0) is 4.79 Å². The highest BCUT2D eigenvalue weighted by molar-refractivity contribution is 5.95. The van der Waals surface area contributed by atoms with E-state index in [0.717, 1.165) is 12.2 Å². The molecule has 0 spiro atoms. The summed E-state index contributed by atoms with van der Waals surface area (Å²) >= 11 is 0. The third-order valence-corrected chi connectivity index (χ3v) is 5.04. The predicted octanol–water partition coefficient (Wildman–Crippen LogP) is 1.61. The average Bonchev–Trinajstić information content (AvgIpc) is 2.77. The van der Waals surface area contributed by atoms with Crippen molar-refractivity contribution in [2.45, 2.75) is 19.8 Å². The molecule has 8 nitrogen and oxygen atoms in total. The summed E-state index contributed by atoms with van der Waals surface area (Å²) in [6, 6.07) is 9.06. The fourth-order valence-electron chi connectivity index (χ4n) is 3.14. The molecule has 1 saturated heterocycles. The van der Waals surface area contributed by atoms with Crippen LogP contribution in [0.5, 0.6) is 0 Å². The number of anilines is 2. The molecule has 2 aromatic rings. The molecular formula is C20H26N6O2. The third kappa shape index (κ3) is 4.76. The highest BCUT2D eigenvalue weighted by Gasteiger charge is 2.26. The van der Waals surface area contributed by atoms with E-state index in [1.54, 1.807) is 30.6 Å². The number of hydrogen-bond donors (Lipinski definition) is 2. The lowest BCUT2D eigenvalue weighted by atomic mass is 9.96. The van der Waals surface area contributed by atoms with Crippen LogP contribution in [0.1, 0.15) is 30.1 Å². The van der Waals surface area contributed by atoms with Crippen LogP contribution in [-0.4, -0.2) is 48.5 Å². The van der Waals surface area contributed by atoms with Gasteiger partial charge in [-0.1, -0.05) is 0 Å². The summed E-state index contributed by atoms with van der Waals surface area (Å²) in [7, 11) is 1.99. The van der Waals surface area contributed by atoms with Gasteiger partial charge >= 0.3 is 0 Å². The second-order valence-electron chi connectivity index (χ2n) is 6.81. The summed E-state index contributed by atoms with van der Waals surface area (Å²) in [5.74, 6) is 0.0613. The van der Waals surface area contributed by atoms with Crippen molar-refractivity contribution in [1.29, 1.82) is 0 Å². The number of carbonyl (C=O) groups is 2. The van der Waals surface area contributed by atoms with Crippen LogP contribution in [0, 0.1) is 5.92 Å². The minimum absolute atomic E-state index is 0.138. The van der Waals surface area contributed by atoms with Gasteiger partial charge in [-0.2, -0.15) is 0 Å². The summed E-state index contributed by atoms with van der Waals surface area (Å²) in [4.78, 5) is 37.3. The molecule has 8 heteroatoms. The van der Waals surface area contributed by atoms with Gasteiger partial charge in [0.15, 0.2) is 0 Å². The molecule has 1 fully saturated rings. The highest BCUT2D eigenvalue weighted by atomic mass is 16.2. The van der Waals surface area contributed by atoms with Gasteiger partial charge in [0.2, 0.25) is 11.9 Å². The smallest absolute Gasteiger partial charge is 0.269 e. The number of hydrogen-bond acceptors (Lipinski definition) is 6. The molecule has 0 aliphatic carbocycles. The number of hydrazine groups is 1. The van der Waals surface area contributed by atoms with Gasteiger partial charge in [0, 0.05) is 56.2 Å². The van der Waals surface area contributed by atoms with Crippen molar-refractivity contribution in [2.24, 2.45) is 5.92 Å². The Labute approximate surface area is 164 Å². The van der Waals surface area contributed by atoms with E-state index >= 15 is 0 Å². The number of carbonyl (C=O) groups excluding carboxylic acids is 2. The number of amides is 2. The molecule has 0 saturated carbocycles. The van der Waals surface area contributed by atoms with Gasteiger partial charge in [0.05, 0.1) is 0 Å². The minimum Gasteiger partial charge on any atom is -0.375 e. The Balaban J connectivity index is 1.46. The van der Waals surface area contributed by atoms with Crippen LogP contribution < -0.4 is 20.7 Å². The molecule has 148 valence electrons. The lowest BCUT2D eigenvalue weighted by Gasteiger charge is -2.31. The molecule has 1 aromatic carbocycles. The summed E-state index contributed by atoms with van der Waals surface area (Å²) < 4.78 is 0. The summed E-state index contributed by atoms with van der Waals surface area (Å²) in [5, 5.41) is 0. The number of nitrogens with zero attached hydrogens (tertiary/aromatic N) is 4. The zero-order valence-corrected chi connectivity index (χ0v) is 16.3. The largest absolute Gasteiger partial charge is 0.375 e. The molecule has 0 atom stereocenters. The standard InChI is InChI=1S/C20H26N6O2/c1-3-25(2)17-7-5-15(6-8-17)18(27)23-24-19(28)16-9-13-26(14-10-16)20-21-11-4-12-22-20/h4-8,11-12,16H,3,9-10,13-14H2,1-2H3,(H,23,27)(H,24,28). The monoisotopic (exact) mass is 382 g/mol. The van der Waals surface area contributed by atoms with Gasteiger partial charge in [-0.05, 0) is 50.1 Å². The highest BCUT2D eigenvalue weighted by Crippen LogP contribution is 2.20. The van der Waals surface area contributed by atoms with E-state index in [1.807, 2.05) is 19.2 Å². The Morgan fingerprint density at radius 2 is 1.75 bits per heavy atom. The molecule has 0 bridgehead atoms. The minimum atomic E-state index is -0.325. The summed E-state index contributed by atoms with van der Waals surface area (Å²) in [6.07, 6.45) is 4.81. The first-order chi connectivity index (χ1) is 13.6. The van der Waals surface area contributed by atoms with Crippen molar-refractivity contribution in [1.82, 2.24) is 20.8 Å². The van der Waals surface area contributed by atoms with E-state index in [1.165, 1.54) is 0 Å². The van der Waals surface area contributed by atoms with E-state index in [4.69, 9.17) is 0 Å². The van der Waals surface area contributed by atoms with E-state index < -0.39 is 0 Å². The van der Waals surface area contributed by atoms with Crippen LogP contribution >= 0.6 is 0 Å². The molecular weight excluding hydrogens is 356 g/mol. The average molecular weight is 382 g/mol. The number of nitrogens with one attached hydrogen (secondary N) is 2. The fourth-order valence-corrected chi connectivity index (χ4v) is 3.14. The van der Waals surface area contributed by atoms with Crippen molar-refractivity contribution < 1.29 is 9.59 Å². The first kappa shape index (κ1) is 19.6. The summed E-state index contributed by atoms with van der Waals surface area (Å²) in [5.41, 5.74) is 6.61. The molecule has 2 amide bonds. The van der Waals surface area contributed by atoms with Crippen molar-refractivity contribution in [2.75, 3.05) is 36.5 Å². The first-order valence-corrected chi connectivity index (χ1v) is 9.52. The quantitative estimate of drug-likeness (QED) is 0.764. The molecule has 2 N–H and O–H groups in total. The molecule has 2 heterocycles. The molecule has 0 radical (unpaired) electrons. The van der Waals surface area contributed by atoms with Crippen LogP contribution in [0.3, 0.4) is 0 Å².